The Kier molecular flexibility index (Phi) is 4.91. The first-order valence-corrected chi connectivity index (χ1v) is 8.61. The minimum Gasteiger partial charge on any atom is -0.349 e. The zero-order valence-corrected chi connectivity index (χ0v) is 13.7. The van der Waals surface area contributed by atoms with E-state index in [1.807, 2.05) is 0 Å². The summed E-state index contributed by atoms with van der Waals surface area (Å²) in [4.78, 5) is 13.7. The molecule has 1 heterocycles. The first-order valence-electron chi connectivity index (χ1n) is 6.79. The molecule has 7 heteroatoms. The molecule has 1 aromatic rings. The lowest BCUT2D eigenvalue weighted by molar-refractivity contribution is -0.134. The number of amides is 1. The number of carbonyl (C=O) groups excluding carboxylic acids is 1. The molecule has 1 saturated heterocycles. The second kappa shape index (κ2) is 6.34. The average molecular weight is 331 g/mol. The first-order chi connectivity index (χ1) is 9.82. The van der Waals surface area contributed by atoms with Crippen LogP contribution in [0.1, 0.15) is 12.8 Å². The van der Waals surface area contributed by atoms with Crippen LogP contribution < -0.4 is 0 Å². The van der Waals surface area contributed by atoms with Crippen LogP contribution >= 0.6 is 11.6 Å². The highest BCUT2D eigenvalue weighted by molar-refractivity contribution is 7.89. The topological polar surface area (TPSA) is 57.7 Å². The van der Waals surface area contributed by atoms with Crippen LogP contribution in [-0.4, -0.2) is 50.7 Å². The number of carbonyl (C=O) groups is 1. The third-order valence-electron chi connectivity index (χ3n) is 3.61. The first kappa shape index (κ1) is 16.3. The van der Waals surface area contributed by atoms with E-state index in [4.69, 9.17) is 11.6 Å². The lowest BCUT2D eigenvalue weighted by Gasteiger charge is -2.32. The van der Waals surface area contributed by atoms with Crippen LogP contribution in [0, 0.1) is 5.92 Å². The fourth-order valence-electron chi connectivity index (χ4n) is 2.50. The van der Waals surface area contributed by atoms with E-state index in [-0.39, 0.29) is 23.3 Å². The Morgan fingerprint density at radius 3 is 2.71 bits per heavy atom. The van der Waals surface area contributed by atoms with Gasteiger partial charge in [-0.15, -0.1) is 0 Å². The third kappa shape index (κ3) is 3.56. The van der Waals surface area contributed by atoms with E-state index in [1.165, 1.54) is 21.3 Å². The highest BCUT2D eigenvalue weighted by Crippen LogP contribution is 2.25. The Morgan fingerprint density at radius 2 is 2.10 bits per heavy atom. The number of sulfonamides is 1. The quantitative estimate of drug-likeness (QED) is 0.849. The summed E-state index contributed by atoms with van der Waals surface area (Å²) in [6, 6.07) is 6.21. The van der Waals surface area contributed by atoms with E-state index >= 15 is 0 Å². The van der Waals surface area contributed by atoms with Crippen LogP contribution in [0.2, 0.25) is 5.02 Å². The van der Waals surface area contributed by atoms with Gasteiger partial charge in [0, 0.05) is 32.2 Å². The van der Waals surface area contributed by atoms with E-state index < -0.39 is 10.0 Å². The van der Waals surface area contributed by atoms with Crippen molar-refractivity contribution in [1.29, 1.82) is 0 Å². The smallest absolute Gasteiger partial charge is 0.243 e. The van der Waals surface area contributed by atoms with Gasteiger partial charge in [0.25, 0.3) is 0 Å². The van der Waals surface area contributed by atoms with Crippen molar-refractivity contribution in [3.05, 3.63) is 29.3 Å². The number of nitrogens with zero attached hydrogens (tertiary/aromatic N) is 2. The largest absolute Gasteiger partial charge is 0.349 e. The number of hydrogen-bond acceptors (Lipinski definition) is 3. The number of benzene rings is 1. The predicted molar refractivity (Wildman–Crippen MR) is 81.6 cm³/mol. The number of piperidine rings is 1. The molecule has 1 aromatic carbocycles. The summed E-state index contributed by atoms with van der Waals surface area (Å²) in [6.07, 6.45) is 1.41. The molecule has 0 aromatic heterocycles. The molecule has 2 rings (SSSR count). The minimum absolute atomic E-state index is 0.0269. The molecule has 1 atom stereocenters. The van der Waals surface area contributed by atoms with Crippen molar-refractivity contribution in [3.63, 3.8) is 0 Å². The second-order valence-electron chi connectivity index (χ2n) is 5.39. The van der Waals surface area contributed by atoms with Gasteiger partial charge in [0.2, 0.25) is 15.9 Å². The van der Waals surface area contributed by atoms with Crippen LogP contribution in [0.15, 0.2) is 29.2 Å². The number of hydrogen-bond donors (Lipinski definition) is 0. The molecule has 5 nitrogen and oxygen atoms in total. The summed E-state index contributed by atoms with van der Waals surface area (Å²) in [6.45, 7) is 0.665. The van der Waals surface area contributed by atoms with E-state index in [9.17, 15) is 13.2 Å². The molecular weight excluding hydrogens is 312 g/mol. The molecule has 116 valence electrons. The van der Waals surface area contributed by atoms with Crippen LogP contribution in [0.25, 0.3) is 0 Å². The van der Waals surface area contributed by atoms with Crippen molar-refractivity contribution < 1.29 is 13.2 Å². The van der Waals surface area contributed by atoms with Gasteiger partial charge in [-0.1, -0.05) is 17.7 Å². The summed E-state index contributed by atoms with van der Waals surface area (Å²) in [5, 5.41) is 0.383. The summed E-state index contributed by atoms with van der Waals surface area (Å²) in [7, 11) is -0.224. The summed E-state index contributed by atoms with van der Waals surface area (Å²) in [5.41, 5.74) is 0. The molecule has 0 saturated carbocycles. The lowest BCUT2D eigenvalue weighted by Crippen LogP contribution is -2.45. The highest BCUT2D eigenvalue weighted by Gasteiger charge is 2.33. The van der Waals surface area contributed by atoms with Crippen molar-refractivity contribution in [2.45, 2.75) is 17.7 Å². The van der Waals surface area contributed by atoms with Crippen molar-refractivity contribution in [3.8, 4) is 0 Å². The number of rotatable bonds is 3. The second-order valence-corrected chi connectivity index (χ2v) is 7.77. The summed E-state index contributed by atoms with van der Waals surface area (Å²) >= 11 is 5.87. The van der Waals surface area contributed by atoms with Gasteiger partial charge in [-0.3, -0.25) is 4.79 Å². The Bertz CT molecular complexity index is 631. The lowest BCUT2D eigenvalue weighted by atomic mass is 9.98. The molecule has 0 N–H and O–H groups in total. The third-order valence-corrected chi connectivity index (χ3v) is 5.70. The molecular formula is C14H19ClN2O3S. The molecule has 1 fully saturated rings. The van der Waals surface area contributed by atoms with E-state index in [0.717, 1.165) is 6.42 Å². The highest BCUT2D eigenvalue weighted by atomic mass is 35.5. The Morgan fingerprint density at radius 1 is 1.38 bits per heavy atom. The summed E-state index contributed by atoms with van der Waals surface area (Å²) in [5.74, 6) is -0.302. The standard InChI is InChI=1S/C14H19ClN2O3S/c1-16(2)14(18)11-5-4-8-17(10-11)21(19,20)13-7-3-6-12(15)9-13/h3,6-7,9,11H,4-5,8,10H2,1-2H3. The Balaban J connectivity index is 2.22. The van der Waals surface area contributed by atoms with Gasteiger partial charge in [-0.05, 0) is 31.0 Å². The van der Waals surface area contributed by atoms with E-state index in [0.29, 0.717) is 18.0 Å². The molecule has 0 radical (unpaired) electrons. The maximum Gasteiger partial charge on any atom is 0.243 e. The van der Waals surface area contributed by atoms with Gasteiger partial charge >= 0.3 is 0 Å². The fourth-order valence-corrected chi connectivity index (χ4v) is 4.33. The van der Waals surface area contributed by atoms with Gasteiger partial charge in [0.15, 0.2) is 0 Å². The van der Waals surface area contributed by atoms with Crippen LogP contribution in [0.3, 0.4) is 0 Å². The molecule has 0 bridgehead atoms. The monoisotopic (exact) mass is 330 g/mol. The minimum atomic E-state index is -3.60. The molecule has 0 spiro atoms. The van der Waals surface area contributed by atoms with Crippen LogP contribution in [0.4, 0.5) is 0 Å². The van der Waals surface area contributed by atoms with E-state index in [1.54, 1.807) is 26.2 Å². The normalized spacial score (nSPS) is 20.2. The van der Waals surface area contributed by atoms with Gasteiger partial charge in [-0.2, -0.15) is 4.31 Å². The maximum absolute atomic E-state index is 12.6. The number of halogens is 1. The van der Waals surface area contributed by atoms with Gasteiger partial charge in [0.1, 0.15) is 0 Å². The van der Waals surface area contributed by atoms with Crippen molar-refractivity contribution in [1.82, 2.24) is 9.21 Å². The Labute approximate surface area is 130 Å². The fraction of sp³-hybridized carbons (Fsp3) is 0.500. The average Bonchev–Trinajstić information content (AvgIpc) is 2.46. The maximum atomic E-state index is 12.6. The van der Waals surface area contributed by atoms with Crippen molar-refractivity contribution in [2.24, 2.45) is 5.92 Å². The van der Waals surface area contributed by atoms with Crippen molar-refractivity contribution >= 4 is 27.5 Å². The Hall–Kier alpha value is -1.11. The van der Waals surface area contributed by atoms with Gasteiger partial charge in [0.05, 0.1) is 10.8 Å². The van der Waals surface area contributed by atoms with Gasteiger partial charge < -0.3 is 4.90 Å². The molecule has 0 aliphatic carbocycles. The zero-order chi connectivity index (χ0) is 15.6. The molecule has 1 amide bonds. The van der Waals surface area contributed by atoms with Crippen LogP contribution in [-0.2, 0) is 14.8 Å². The van der Waals surface area contributed by atoms with Crippen LogP contribution in [0.5, 0.6) is 0 Å². The molecule has 1 aliphatic heterocycles. The molecule has 1 aliphatic rings. The predicted octanol–water partition coefficient (Wildman–Crippen LogP) is 1.83. The van der Waals surface area contributed by atoms with Crippen molar-refractivity contribution in [2.75, 3.05) is 27.2 Å². The SMILES string of the molecule is CN(C)C(=O)C1CCCN(S(=O)(=O)c2cccc(Cl)c2)C1. The zero-order valence-electron chi connectivity index (χ0n) is 12.1. The summed E-state index contributed by atoms with van der Waals surface area (Å²) < 4.78 is 26.6. The van der Waals surface area contributed by atoms with E-state index in [2.05, 4.69) is 0 Å². The molecule has 21 heavy (non-hydrogen) atoms. The molecule has 1 unspecified atom stereocenters. The van der Waals surface area contributed by atoms with Gasteiger partial charge in [-0.25, -0.2) is 8.42 Å².